The summed E-state index contributed by atoms with van der Waals surface area (Å²) in [6.07, 6.45) is 10.4. The van der Waals surface area contributed by atoms with Gasteiger partial charge in [0.15, 0.2) is 28.8 Å². The molecule has 6 nitrogen and oxygen atoms in total. The molecule has 0 radical (unpaired) electrons. The van der Waals surface area contributed by atoms with E-state index in [1.807, 2.05) is 30.3 Å². The van der Waals surface area contributed by atoms with Crippen LogP contribution in [0.25, 0.3) is 66.2 Å². The average Bonchev–Trinajstić information content (AvgIpc) is 3.17. The molecule has 6 heteroatoms. The Morgan fingerprint density at radius 2 is 1.00 bits per heavy atom. The Morgan fingerprint density at radius 3 is 1.50 bits per heavy atom. The number of hydrogen-bond acceptors (Lipinski definition) is 4. The molecule has 50 heavy (non-hydrogen) atoms. The summed E-state index contributed by atoms with van der Waals surface area (Å²) in [6, 6.07) is 36.0. The summed E-state index contributed by atoms with van der Waals surface area (Å²) in [4.78, 5) is 27.1. The molecule has 2 aromatic heterocycles. The van der Waals surface area contributed by atoms with Crippen LogP contribution in [-0.4, -0.2) is 19.9 Å². The van der Waals surface area contributed by atoms with E-state index in [1.165, 1.54) is 44.1 Å². The molecule has 4 aromatic carbocycles. The Labute approximate surface area is 292 Å². The standard InChI is InChI=1S/C44H34N6/c1-45-38-13-8-32(9-14-38)41-48-42(33-10-15-39(46-2)16-11-33)50-43(49-41)36-22-34(31-6-4-3-5-7-31)21-35(23-36)40-17-12-37(27-47-40)44-24-28-18-29(25-44)20-30(19-28)26-44/h3-17,21-23,27-30H,18-20,24-26H2. The molecule has 0 spiro atoms. The van der Waals surface area contributed by atoms with Crippen molar-refractivity contribution in [2.45, 2.75) is 43.9 Å². The largest absolute Gasteiger partial charge is 0.256 e. The summed E-state index contributed by atoms with van der Waals surface area (Å²) in [7, 11) is 0. The van der Waals surface area contributed by atoms with Gasteiger partial charge in [-0.3, -0.25) is 4.98 Å². The van der Waals surface area contributed by atoms with E-state index in [0.717, 1.165) is 56.8 Å². The fourth-order valence-corrected chi connectivity index (χ4v) is 9.18. The molecule has 0 unspecified atom stereocenters. The molecule has 4 fully saturated rings. The second-order valence-electron chi connectivity index (χ2n) is 14.4. The quantitative estimate of drug-likeness (QED) is 0.169. The van der Waals surface area contributed by atoms with Crippen molar-refractivity contribution in [1.82, 2.24) is 19.9 Å². The molecular formula is C44H34N6. The van der Waals surface area contributed by atoms with Crippen molar-refractivity contribution in [3.63, 3.8) is 0 Å². The van der Waals surface area contributed by atoms with Crippen LogP contribution in [0.2, 0.25) is 0 Å². The Kier molecular flexibility index (Phi) is 7.32. The van der Waals surface area contributed by atoms with Crippen molar-refractivity contribution in [2.75, 3.05) is 0 Å². The zero-order chi connectivity index (χ0) is 33.7. The SMILES string of the molecule is [C-]#[N+]c1ccc(-c2nc(-c3ccc([N+]#[C-])cc3)nc(-c3cc(-c4ccccc4)cc(-c4ccc(C56CC7CC(CC(C7)C5)C6)cn4)c3)n2)cc1. The van der Waals surface area contributed by atoms with Crippen molar-refractivity contribution >= 4 is 11.4 Å². The Hall–Kier alpha value is -5.98. The lowest BCUT2D eigenvalue weighted by molar-refractivity contribution is -0.00532. The van der Waals surface area contributed by atoms with Crippen molar-refractivity contribution in [1.29, 1.82) is 0 Å². The van der Waals surface area contributed by atoms with Crippen LogP contribution in [0.5, 0.6) is 0 Å². The second kappa shape index (κ2) is 12.2. The van der Waals surface area contributed by atoms with E-state index in [-0.39, 0.29) is 0 Å². The van der Waals surface area contributed by atoms with E-state index in [0.29, 0.717) is 34.3 Å². The van der Waals surface area contributed by atoms with Crippen molar-refractivity contribution in [3.8, 4) is 56.5 Å². The van der Waals surface area contributed by atoms with Crippen LogP contribution in [0, 0.1) is 30.9 Å². The predicted octanol–water partition coefficient (Wildman–Crippen LogP) is 11.2. The topological polar surface area (TPSA) is 60.3 Å². The van der Waals surface area contributed by atoms with Gasteiger partial charge in [-0.25, -0.2) is 24.6 Å². The first kappa shape index (κ1) is 30.1. The first-order valence-electron chi connectivity index (χ1n) is 17.4. The molecule has 0 N–H and O–H groups in total. The maximum Gasteiger partial charge on any atom is 0.187 e. The van der Waals surface area contributed by atoms with Crippen molar-refractivity contribution in [3.05, 3.63) is 144 Å². The van der Waals surface area contributed by atoms with Gasteiger partial charge in [-0.15, -0.1) is 0 Å². The molecule has 2 heterocycles. The Morgan fingerprint density at radius 1 is 0.500 bits per heavy atom. The van der Waals surface area contributed by atoms with E-state index in [4.69, 9.17) is 33.1 Å². The molecule has 4 saturated carbocycles. The maximum absolute atomic E-state index is 7.39. The lowest BCUT2D eigenvalue weighted by atomic mass is 9.48. The van der Waals surface area contributed by atoms with E-state index < -0.39 is 0 Å². The number of hydrogen-bond donors (Lipinski definition) is 0. The normalized spacial score (nSPS) is 21.8. The summed E-state index contributed by atoms with van der Waals surface area (Å²) in [6.45, 7) is 14.8. The molecule has 10 rings (SSSR count). The zero-order valence-electron chi connectivity index (χ0n) is 27.6. The predicted molar refractivity (Wildman–Crippen MR) is 197 cm³/mol. The van der Waals surface area contributed by atoms with Gasteiger partial charge in [0, 0.05) is 28.5 Å². The highest BCUT2D eigenvalue weighted by atomic mass is 15.0. The number of benzene rings is 4. The smallest absolute Gasteiger partial charge is 0.187 e. The van der Waals surface area contributed by atoms with E-state index in [2.05, 4.69) is 70.5 Å². The lowest BCUT2D eigenvalue weighted by Crippen LogP contribution is -2.48. The van der Waals surface area contributed by atoms with Crippen LogP contribution in [0.3, 0.4) is 0 Å². The van der Waals surface area contributed by atoms with Gasteiger partial charge in [0.05, 0.1) is 18.8 Å². The van der Waals surface area contributed by atoms with Gasteiger partial charge in [0.1, 0.15) is 0 Å². The fourth-order valence-electron chi connectivity index (χ4n) is 9.18. The third-order valence-electron chi connectivity index (χ3n) is 11.2. The minimum Gasteiger partial charge on any atom is -0.256 e. The minimum absolute atomic E-state index is 0.301. The van der Waals surface area contributed by atoms with Crippen molar-refractivity contribution in [2.24, 2.45) is 17.8 Å². The molecular weight excluding hydrogens is 613 g/mol. The van der Waals surface area contributed by atoms with Gasteiger partial charge in [-0.2, -0.15) is 0 Å². The number of nitrogens with zero attached hydrogens (tertiary/aromatic N) is 6. The number of rotatable bonds is 6. The minimum atomic E-state index is 0.301. The molecule has 4 aliphatic rings. The third kappa shape index (κ3) is 5.54. The number of pyridine rings is 1. The molecule has 6 aromatic rings. The van der Waals surface area contributed by atoms with Crippen LogP contribution >= 0.6 is 0 Å². The van der Waals surface area contributed by atoms with E-state index in [1.54, 1.807) is 24.3 Å². The summed E-state index contributed by atoms with van der Waals surface area (Å²) in [5.74, 6) is 4.23. The summed E-state index contributed by atoms with van der Waals surface area (Å²) < 4.78 is 0. The summed E-state index contributed by atoms with van der Waals surface area (Å²) in [5, 5.41) is 0. The van der Waals surface area contributed by atoms with Gasteiger partial charge in [0.25, 0.3) is 0 Å². The number of aromatic nitrogens is 4. The molecule has 0 aliphatic heterocycles. The second-order valence-corrected chi connectivity index (χ2v) is 14.4. The van der Waals surface area contributed by atoms with E-state index in [9.17, 15) is 0 Å². The average molecular weight is 647 g/mol. The maximum atomic E-state index is 7.39. The van der Waals surface area contributed by atoms with Gasteiger partial charge in [-0.1, -0.05) is 84.9 Å². The Bertz CT molecular complexity index is 2190. The fraction of sp³-hybridized carbons (Fsp3) is 0.227. The van der Waals surface area contributed by atoms with Crippen LogP contribution in [0.15, 0.2) is 115 Å². The van der Waals surface area contributed by atoms with Gasteiger partial charge in [-0.05, 0) is 103 Å². The van der Waals surface area contributed by atoms with Gasteiger partial charge in [0.2, 0.25) is 0 Å². The van der Waals surface area contributed by atoms with E-state index >= 15 is 0 Å². The van der Waals surface area contributed by atoms with Crippen LogP contribution < -0.4 is 0 Å². The molecule has 240 valence electrons. The first-order chi connectivity index (χ1) is 24.5. The monoisotopic (exact) mass is 646 g/mol. The van der Waals surface area contributed by atoms with Crippen LogP contribution in [0.1, 0.15) is 44.1 Å². The molecule has 0 saturated heterocycles. The van der Waals surface area contributed by atoms with Crippen molar-refractivity contribution < 1.29 is 0 Å². The van der Waals surface area contributed by atoms with Crippen LogP contribution in [-0.2, 0) is 5.41 Å². The van der Waals surface area contributed by atoms with Gasteiger partial charge >= 0.3 is 0 Å². The van der Waals surface area contributed by atoms with Crippen LogP contribution in [0.4, 0.5) is 11.4 Å². The molecule has 4 bridgehead atoms. The highest BCUT2D eigenvalue weighted by Gasteiger charge is 2.51. The highest BCUT2D eigenvalue weighted by Crippen LogP contribution is 2.60. The molecule has 4 aliphatic carbocycles. The third-order valence-corrected chi connectivity index (χ3v) is 11.2. The van der Waals surface area contributed by atoms with Gasteiger partial charge < -0.3 is 0 Å². The zero-order valence-corrected chi connectivity index (χ0v) is 27.6. The molecule has 0 atom stereocenters. The Balaban J connectivity index is 1.16. The summed E-state index contributed by atoms with van der Waals surface area (Å²) >= 11 is 0. The highest BCUT2D eigenvalue weighted by molar-refractivity contribution is 5.79. The lowest BCUT2D eigenvalue weighted by Gasteiger charge is -2.57. The first-order valence-corrected chi connectivity index (χ1v) is 17.4. The molecule has 0 amide bonds. The summed E-state index contributed by atoms with van der Waals surface area (Å²) in [5.41, 5.74) is 9.35.